The van der Waals surface area contributed by atoms with Crippen LogP contribution in [0.15, 0.2) is 12.2 Å². The average molecular weight is 498 g/mol. The number of amides is 1. The molecule has 35 heavy (non-hydrogen) atoms. The molecule has 0 aliphatic carbocycles. The summed E-state index contributed by atoms with van der Waals surface area (Å²) in [5, 5.41) is 2.46. The average Bonchev–Trinajstić information content (AvgIpc) is 2.78. The molecule has 0 radical (unpaired) electrons. The normalized spacial score (nSPS) is 12.4. The zero-order chi connectivity index (χ0) is 26.4. The van der Waals surface area contributed by atoms with E-state index in [1.165, 1.54) is 51.4 Å². The highest BCUT2D eigenvalue weighted by atomic mass is 16.6. The van der Waals surface area contributed by atoms with Gasteiger partial charge in [-0.25, -0.2) is 9.59 Å². The molecule has 0 aromatic heterocycles. The summed E-state index contributed by atoms with van der Waals surface area (Å²) < 4.78 is 15.4. The van der Waals surface area contributed by atoms with Crippen molar-refractivity contribution in [3.05, 3.63) is 12.2 Å². The molecule has 0 rings (SSSR count). The summed E-state index contributed by atoms with van der Waals surface area (Å²) in [4.78, 5) is 36.1. The van der Waals surface area contributed by atoms with E-state index in [0.717, 1.165) is 25.7 Å². The van der Waals surface area contributed by atoms with E-state index in [4.69, 9.17) is 14.2 Å². The summed E-state index contributed by atoms with van der Waals surface area (Å²) in [6.45, 7) is 9.11. The number of nitrogens with one attached hydrogen (secondary N) is 1. The van der Waals surface area contributed by atoms with Crippen molar-refractivity contribution >= 4 is 18.0 Å². The Morgan fingerprint density at radius 2 is 1.34 bits per heavy atom. The third-order valence-corrected chi connectivity index (χ3v) is 5.30. The van der Waals surface area contributed by atoms with E-state index >= 15 is 0 Å². The van der Waals surface area contributed by atoms with Crippen LogP contribution >= 0.6 is 0 Å². The van der Waals surface area contributed by atoms with Gasteiger partial charge < -0.3 is 19.5 Å². The van der Waals surface area contributed by atoms with Gasteiger partial charge in [0.2, 0.25) is 6.10 Å². The standard InChI is InChI=1S/C28H51NO6/c1-6-8-9-10-11-12-13-14-15-16-17-18-19-20-21-22-25(30)34-24(26(31)33-7-2)23-29-27(32)35-28(3,4)5/h14-15,24H,6-13,16-23H2,1-5H3,(H,29,32)/b15-14+. The Labute approximate surface area is 213 Å². The second kappa shape index (κ2) is 21.3. The number of allylic oxidation sites excluding steroid dienone is 2. The van der Waals surface area contributed by atoms with E-state index in [1.807, 2.05) is 0 Å². The fourth-order valence-electron chi connectivity index (χ4n) is 3.46. The van der Waals surface area contributed by atoms with Gasteiger partial charge in [-0.2, -0.15) is 0 Å². The quantitative estimate of drug-likeness (QED) is 0.0841. The highest BCUT2D eigenvalue weighted by Crippen LogP contribution is 2.11. The van der Waals surface area contributed by atoms with Crippen molar-refractivity contribution in [3.8, 4) is 0 Å². The molecule has 0 aliphatic heterocycles. The van der Waals surface area contributed by atoms with Gasteiger partial charge in [0.15, 0.2) is 0 Å². The lowest BCUT2D eigenvalue weighted by Crippen LogP contribution is -2.42. The number of carbonyl (C=O) groups is 3. The molecule has 1 atom stereocenters. The molecule has 0 saturated carbocycles. The summed E-state index contributed by atoms with van der Waals surface area (Å²) in [6, 6.07) is 0. The molecule has 0 spiro atoms. The van der Waals surface area contributed by atoms with Gasteiger partial charge in [-0.3, -0.25) is 4.79 Å². The predicted molar refractivity (Wildman–Crippen MR) is 140 cm³/mol. The zero-order valence-electron chi connectivity index (χ0n) is 23.0. The van der Waals surface area contributed by atoms with E-state index in [0.29, 0.717) is 6.42 Å². The number of unbranched alkanes of at least 4 members (excludes halogenated alkanes) is 11. The zero-order valence-corrected chi connectivity index (χ0v) is 23.0. The maximum absolute atomic E-state index is 12.2. The molecular weight excluding hydrogens is 446 g/mol. The molecule has 0 bridgehead atoms. The van der Waals surface area contributed by atoms with E-state index in [2.05, 4.69) is 24.4 Å². The fourth-order valence-corrected chi connectivity index (χ4v) is 3.46. The van der Waals surface area contributed by atoms with Gasteiger partial charge in [-0.15, -0.1) is 0 Å². The first-order chi connectivity index (χ1) is 16.7. The lowest BCUT2D eigenvalue weighted by atomic mass is 10.1. The van der Waals surface area contributed by atoms with Gasteiger partial charge in [0.25, 0.3) is 0 Å². The van der Waals surface area contributed by atoms with Crippen molar-refractivity contribution in [1.29, 1.82) is 0 Å². The molecule has 7 heteroatoms. The van der Waals surface area contributed by atoms with Crippen LogP contribution in [0.1, 0.15) is 125 Å². The predicted octanol–water partition coefficient (Wildman–Crippen LogP) is 7.02. The van der Waals surface area contributed by atoms with E-state index in [-0.39, 0.29) is 19.6 Å². The summed E-state index contributed by atoms with van der Waals surface area (Å²) in [5.41, 5.74) is -0.663. The van der Waals surface area contributed by atoms with Crippen molar-refractivity contribution in [3.63, 3.8) is 0 Å². The smallest absolute Gasteiger partial charge is 0.407 e. The van der Waals surface area contributed by atoms with Crippen LogP contribution in [0.4, 0.5) is 4.79 Å². The Kier molecular flexibility index (Phi) is 20.0. The molecule has 1 unspecified atom stereocenters. The molecule has 1 N–H and O–H groups in total. The highest BCUT2D eigenvalue weighted by molar-refractivity contribution is 5.80. The molecule has 7 nitrogen and oxygen atoms in total. The lowest BCUT2D eigenvalue weighted by molar-refractivity contribution is -0.167. The van der Waals surface area contributed by atoms with Gasteiger partial charge in [-0.1, -0.05) is 70.4 Å². The topological polar surface area (TPSA) is 90.9 Å². The van der Waals surface area contributed by atoms with Crippen LogP contribution in [0.3, 0.4) is 0 Å². The van der Waals surface area contributed by atoms with Gasteiger partial charge in [0, 0.05) is 6.42 Å². The third kappa shape index (κ3) is 22.2. The molecule has 0 aromatic carbocycles. The minimum absolute atomic E-state index is 0.160. The Balaban J connectivity index is 3.95. The monoisotopic (exact) mass is 497 g/mol. The number of esters is 2. The number of carbonyl (C=O) groups excluding carboxylic acids is 3. The largest absolute Gasteiger partial charge is 0.463 e. The Hall–Kier alpha value is -2.05. The SMILES string of the molecule is CCCCCCCC/C=C/CCCCCCCC(=O)OC(CNC(=O)OC(C)(C)C)C(=O)OCC. The molecule has 0 aliphatic rings. The van der Waals surface area contributed by atoms with Gasteiger partial charge in [-0.05, 0) is 59.8 Å². The van der Waals surface area contributed by atoms with Gasteiger partial charge in [0.1, 0.15) is 5.60 Å². The van der Waals surface area contributed by atoms with E-state index < -0.39 is 29.7 Å². The number of hydrogen-bond donors (Lipinski definition) is 1. The van der Waals surface area contributed by atoms with Crippen molar-refractivity contribution < 1.29 is 28.6 Å². The minimum atomic E-state index is -1.18. The van der Waals surface area contributed by atoms with Crippen molar-refractivity contribution in [2.75, 3.05) is 13.2 Å². The Bertz CT molecular complexity index is 597. The molecule has 0 fully saturated rings. The van der Waals surface area contributed by atoms with Crippen LogP contribution in [0.25, 0.3) is 0 Å². The molecule has 0 saturated heterocycles. The van der Waals surface area contributed by atoms with Crippen molar-refractivity contribution in [2.24, 2.45) is 0 Å². The van der Waals surface area contributed by atoms with E-state index in [1.54, 1.807) is 27.7 Å². The maximum atomic E-state index is 12.2. The highest BCUT2D eigenvalue weighted by Gasteiger charge is 2.26. The first kappa shape index (κ1) is 33.0. The molecule has 204 valence electrons. The van der Waals surface area contributed by atoms with Crippen LogP contribution in [-0.4, -0.2) is 42.9 Å². The van der Waals surface area contributed by atoms with Crippen LogP contribution in [0, 0.1) is 0 Å². The van der Waals surface area contributed by atoms with Crippen LogP contribution in [0.2, 0.25) is 0 Å². The molecule has 0 aromatic rings. The van der Waals surface area contributed by atoms with Crippen molar-refractivity contribution in [2.45, 2.75) is 136 Å². The second-order valence-corrected chi connectivity index (χ2v) is 9.95. The summed E-state index contributed by atoms with van der Waals surface area (Å²) in [5.74, 6) is -1.15. The van der Waals surface area contributed by atoms with Crippen LogP contribution < -0.4 is 5.32 Å². The Morgan fingerprint density at radius 3 is 1.89 bits per heavy atom. The molecule has 0 heterocycles. The molecule has 1 amide bonds. The van der Waals surface area contributed by atoms with Gasteiger partial charge >= 0.3 is 18.0 Å². The first-order valence-electron chi connectivity index (χ1n) is 13.7. The van der Waals surface area contributed by atoms with Crippen LogP contribution in [0.5, 0.6) is 0 Å². The van der Waals surface area contributed by atoms with Gasteiger partial charge in [0.05, 0.1) is 13.2 Å². The lowest BCUT2D eigenvalue weighted by Gasteiger charge is -2.21. The van der Waals surface area contributed by atoms with Crippen LogP contribution in [-0.2, 0) is 23.8 Å². The first-order valence-corrected chi connectivity index (χ1v) is 13.7. The van der Waals surface area contributed by atoms with E-state index in [9.17, 15) is 14.4 Å². The third-order valence-electron chi connectivity index (χ3n) is 5.30. The minimum Gasteiger partial charge on any atom is -0.463 e. The maximum Gasteiger partial charge on any atom is 0.407 e. The summed E-state index contributed by atoms with van der Waals surface area (Å²) in [7, 11) is 0. The number of alkyl carbamates (subject to hydrolysis) is 1. The Morgan fingerprint density at radius 1 is 0.800 bits per heavy atom. The molecular formula is C28H51NO6. The second-order valence-electron chi connectivity index (χ2n) is 9.95. The van der Waals surface area contributed by atoms with Crippen molar-refractivity contribution in [1.82, 2.24) is 5.32 Å². The number of hydrogen-bond acceptors (Lipinski definition) is 6. The number of rotatable bonds is 20. The summed E-state index contributed by atoms with van der Waals surface area (Å²) in [6.07, 6.45) is 18.3. The number of ether oxygens (including phenoxy) is 3. The summed E-state index contributed by atoms with van der Waals surface area (Å²) >= 11 is 0. The fraction of sp³-hybridized carbons (Fsp3) is 0.821.